The van der Waals surface area contributed by atoms with E-state index in [9.17, 15) is 4.79 Å². The normalized spacial score (nSPS) is 10.7. The maximum Gasteiger partial charge on any atom is 0.225 e. The monoisotopic (exact) mass is 403 g/mol. The molecule has 0 aliphatic rings. The van der Waals surface area contributed by atoms with E-state index in [1.165, 1.54) is 4.88 Å². The van der Waals surface area contributed by atoms with E-state index in [0.29, 0.717) is 13.0 Å². The Kier molecular flexibility index (Phi) is 5.82. The van der Waals surface area contributed by atoms with Gasteiger partial charge in [-0.05, 0) is 35.9 Å². The molecule has 0 saturated heterocycles. The SMILES string of the molecule is O=C(CCCc1cccs1)Nc1ccnn1Cc1ccccc1Br. The molecule has 1 aromatic carbocycles. The fraction of sp³-hybridized carbons (Fsp3) is 0.222. The second-order valence-corrected chi connectivity index (χ2v) is 7.33. The summed E-state index contributed by atoms with van der Waals surface area (Å²) < 4.78 is 2.84. The van der Waals surface area contributed by atoms with Gasteiger partial charge >= 0.3 is 0 Å². The fourth-order valence-electron chi connectivity index (χ4n) is 2.44. The van der Waals surface area contributed by atoms with Crippen molar-refractivity contribution in [3.05, 3.63) is 69.0 Å². The van der Waals surface area contributed by atoms with Crippen LogP contribution >= 0.6 is 27.3 Å². The molecule has 2 heterocycles. The molecule has 0 radical (unpaired) electrons. The lowest BCUT2D eigenvalue weighted by molar-refractivity contribution is -0.116. The number of carbonyl (C=O) groups excluding carboxylic acids is 1. The smallest absolute Gasteiger partial charge is 0.225 e. The number of nitrogens with one attached hydrogen (secondary N) is 1. The van der Waals surface area contributed by atoms with Gasteiger partial charge in [0.05, 0.1) is 12.7 Å². The second-order valence-electron chi connectivity index (χ2n) is 5.45. The van der Waals surface area contributed by atoms with Crippen LogP contribution in [0.15, 0.2) is 58.5 Å². The van der Waals surface area contributed by atoms with Crippen molar-refractivity contribution in [3.8, 4) is 0 Å². The van der Waals surface area contributed by atoms with Gasteiger partial charge in [0.15, 0.2) is 0 Å². The third kappa shape index (κ3) is 4.55. The second kappa shape index (κ2) is 8.26. The summed E-state index contributed by atoms with van der Waals surface area (Å²) in [4.78, 5) is 13.5. The van der Waals surface area contributed by atoms with Gasteiger partial charge in [-0.15, -0.1) is 11.3 Å². The van der Waals surface area contributed by atoms with E-state index in [1.54, 1.807) is 22.2 Å². The standard InChI is InChI=1S/C18H18BrN3OS/c19-16-8-2-1-5-14(16)13-22-17(10-11-20-22)21-18(23)9-3-6-15-7-4-12-24-15/h1-2,4-5,7-8,10-12H,3,6,9,13H2,(H,21,23). The molecule has 0 unspecified atom stereocenters. The van der Waals surface area contributed by atoms with Crippen LogP contribution in [0.4, 0.5) is 5.82 Å². The summed E-state index contributed by atoms with van der Waals surface area (Å²) in [7, 11) is 0. The molecule has 0 fully saturated rings. The predicted molar refractivity (Wildman–Crippen MR) is 101 cm³/mol. The summed E-state index contributed by atoms with van der Waals surface area (Å²) >= 11 is 5.28. The van der Waals surface area contributed by atoms with E-state index >= 15 is 0 Å². The zero-order valence-electron chi connectivity index (χ0n) is 13.1. The van der Waals surface area contributed by atoms with Gasteiger partial charge in [0.25, 0.3) is 0 Å². The minimum atomic E-state index is 0.0282. The first-order valence-electron chi connectivity index (χ1n) is 7.80. The number of carbonyl (C=O) groups is 1. The highest BCUT2D eigenvalue weighted by atomic mass is 79.9. The number of nitrogens with zero attached hydrogens (tertiary/aromatic N) is 2. The molecule has 3 aromatic rings. The van der Waals surface area contributed by atoms with Gasteiger partial charge in [-0.25, -0.2) is 4.68 Å². The van der Waals surface area contributed by atoms with Crippen molar-refractivity contribution < 1.29 is 4.79 Å². The van der Waals surface area contributed by atoms with Gasteiger partial charge in [0, 0.05) is 21.8 Å². The minimum Gasteiger partial charge on any atom is -0.311 e. The Morgan fingerprint density at radius 2 is 2.08 bits per heavy atom. The molecule has 24 heavy (non-hydrogen) atoms. The third-order valence-electron chi connectivity index (χ3n) is 3.67. The Bertz CT molecular complexity index is 798. The van der Waals surface area contributed by atoms with Crippen LogP contribution in [0.1, 0.15) is 23.3 Å². The number of halogens is 1. The van der Waals surface area contributed by atoms with E-state index in [0.717, 1.165) is 28.7 Å². The van der Waals surface area contributed by atoms with Gasteiger partial charge in [-0.3, -0.25) is 4.79 Å². The summed E-state index contributed by atoms with van der Waals surface area (Å²) in [5.74, 6) is 0.757. The number of thiophene rings is 1. The van der Waals surface area contributed by atoms with Gasteiger partial charge in [0.2, 0.25) is 5.91 Å². The van der Waals surface area contributed by atoms with E-state index in [2.05, 4.69) is 37.8 Å². The molecule has 0 aliphatic carbocycles. The molecule has 0 spiro atoms. The zero-order valence-corrected chi connectivity index (χ0v) is 15.5. The highest BCUT2D eigenvalue weighted by Crippen LogP contribution is 2.19. The summed E-state index contributed by atoms with van der Waals surface area (Å²) in [5, 5.41) is 9.33. The predicted octanol–water partition coefficient (Wildman–Crippen LogP) is 4.72. The summed E-state index contributed by atoms with van der Waals surface area (Å²) in [5.41, 5.74) is 1.12. The highest BCUT2D eigenvalue weighted by Gasteiger charge is 2.09. The quantitative estimate of drug-likeness (QED) is 0.620. The summed E-state index contributed by atoms with van der Waals surface area (Å²) in [6.45, 7) is 0.610. The van der Waals surface area contributed by atoms with Crippen molar-refractivity contribution in [1.82, 2.24) is 9.78 Å². The Morgan fingerprint density at radius 3 is 2.88 bits per heavy atom. The van der Waals surface area contributed by atoms with Gasteiger partial charge < -0.3 is 5.32 Å². The number of anilines is 1. The third-order valence-corrected chi connectivity index (χ3v) is 5.38. The van der Waals surface area contributed by atoms with Crippen LogP contribution in [0.3, 0.4) is 0 Å². The Hall–Kier alpha value is -1.92. The zero-order chi connectivity index (χ0) is 16.8. The topological polar surface area (TPSA) is 46.9 Å². The number of rotatable bonds is 7. The highest BCUT2D eigenvalue weighted by molar-refractivity contribution is 9.10. The summed E-state index contributed by atoms with van der Waals surface area (Å²) in [6.07, 6.45) is 4.02. The minimum absolute atomic E-state index is 0.0282. The molecule has 124 valence electrons. The van der Waals surface area contributed by atoms with Crippen molar-refractivity contribution in [3.63, 3.8) is 0 Å². The van der Waals surface area contributed by atoms with Crippen LogP contribution in [0.2, 0.25) is 0 Å². The molecule has 0 bridgehead atoms. The van der Waals surface area contributed by atoms with Crippen molar-refractivity contribution in [2.24, 2.45) is 0 Å². The van der Waals surface area contributed by atoms with Crippen LogP contribution in [0.25, 0.3) is 0 Å². The molecule has 0 saturated carbocycles. The lowest BCUT2D eigenvalue weighted by Crippen LogP contribution is -2.16. The molecular weight excluding hydrogens is 386 g/mol. The average molecular weight is 404 g/mol. The number of hydrogen-bond acceptors (Lipinski definition) is 3. The molecule has 3 rings (SSSR count). The van der Waals surface area contributed by atoms with Gasteiger partial charge in [-0.1, -0.05) is 40.2 Å². The van der Waals surface area contributed by atoms with Gasteiger partial charge in [-0.2, -0.15) is 5.10 Å². The van der Waals surface area contributed by atoms with Crippen LogP contribution in [-0.2, 0) is 17.8 Å². The lowest BCUT2D eigenvalue weighted by Gasteiger charge is -2.10. The number of aromatic nitrogens is 2. The number of aryl methyl sites for hydroxylation is 1. The number of amides is 1. The first-order valence-corrected chi connectivity index (χ1v) is 9.47. The largest absolute Gasteiger partial charge is 0.311 e. The number of hydrogen-bond donors (Lipinski definition) is 1. The fourth-order valence-corrected chi connectivity index (χ4v) is 3.60. The molecule has 6 heteroatoms. The van der Waals surface area contributed by atoms with Crippen molar-refractivity contribution in [2.45, 2.75) is 25.8 Å². The molecule has 1 N–H and O–H groups in total. The van der Waals surface area contributed by atoms with Crippen LogP contribution in [0, 0.1) is 0 Å². The van der Waals surface area contributed by atoms with Crippen molar-refractivity contribution in [1.29, 1.82) is 0 Å². The van der Waals surface area contributed by atoms with Crippen LogP contribution in [-0.4, -0.2) is 15.7 Å². The van der Waals surface area contributed by atoms with Gasteiger partial charge in [0.1, 0.15) is 5.82 Å². The van der Waals surface area contributed by atoms with E-state index in [1.807, 2.05) is 36.4 Å². The van der Waals surface area contributed by atoms with Crippen LogP contribution in [0.5, 0.6) is 0 Å². The summed E-state index contributed by atoms with van der Waals surface area (Å²) in [6, 6.07) is 14.0. The molecule has 0 aliphatic heterocycles. The first kappa shape index (κ1) is 16.9. The molecule has 0 atom stereocenters. The Labute approximate surface area is 153 Å². The van der Waals surface area contributed by atoms with E-state index in [-0.39, 0.29) is 5.91 Å². The lowest BCUT2D eigenvalue weighted by atomic mass is 10.2. The number of benzene rings is 1. The van der Waals surface area contributed by atoms with Crippen LogP contribution < -0.4 is 5.32 Å². The van der Waals surface area contributed by atoms with Crippen molar-refractivity contribution in [2.75, 3.05) is 5.32 Å². The Morgan fingerprint density at radius 1 is 1.21 bits per heavy atom. The Balaban J connectivity index is 1.55. The average Bonchev–Trinajstić information content (AvgIpc) is 3.22. The van der Waals surface area contributed by atoms with Crippen molar-refractivity contribution >= 4 is 39.0 Å². The first-order chi connectivity index (χ1) is 11.7. The molecule has 2 aromatic heterocycles. The molecule has 1 amide bonds. The molecular formula is C18H18BrN3OS. The van der Waals surface area contributed by atoms with E-state index in [4.69, 9.17) is 0 Å². The maximum absolute atomic E-state index is 12.2. The maximum atomic E-state index is 12.2. The van der Waals surface area contributed by atoms with E-state index < -0.39 is 0 Å². The molecule has 4 nitrogen and oxygen atoms in total.